The minimum atomic E-state index is 0.0277. The lowest BCUT2D eigenvalue weighted by Gasteiger charge is -2.35. The zero-order valence-corrected chi connectivity index (χ0v) is 11.2. The second-order valence-corrected chi connectivity index (χ2v) is 5.14. The maximum Gasteiger partial charge on any atom is 0.160 e. The molecule has 0 N–H and O–H groups in total. The lowest BCUT2D eigenvalue weighted by molar-refractivity contribution is -0.113. The first-order valence-corrected chi connectivity index (χ1v) is 5.90. The van der Waals surface area contributed by atoms with Gasteiger partial charge in [0.2, 0.25) is 0 Å². The number of rotatable bonds is 3. The van der Waals surface area contributed by atoms with Crippen molar-refractivity contribution in [2.45, 2.75) is 46.1 Å². The van der Waals surface area contributed by atoms with Gasteiger partial charge in [0.15, 0.2) is 5.78 Å². The van der Waals surface area contributed by atoms with Gasteiger partial charge in [-0.25, -0.2) is 0 Å². The Morgan fingerprint density at radius 1 is 1.31 bits per heavy atom. The van der Waals surface area contributed by atoms with E-state index in [2.05, 4.69) is 32.4 Å². The van der Waals surface area contributed by atoms with Crippen LogP contribution >= 0.6 is 0 Å². The Morgan fingerprint density at radius 3 is 2.19 bits per heavy atom. The molecular formula is C14H23NO. The molecule has 1 aliphatic rings. The Kier molecular flexibility index (Phi) is 3.74. The number of hydrogen-bond donors (Lipinski definition) is 0. The van der Waals surface area contributed by atoms with Crippen LogP contribution in [0.15, 0.2) is 23.3 Å². The van der Waals surface area contributed by atoms with Crippen molar-refractivity contribution in [3.63, 3.8) is 0 Å². The first kappa shape index (κ1) is 13.2. The minimum Gasteiger partial charge on any atom is -0.297 e. The van der Waals surface area contributed by atoms with E-state index in [-0.39, 0.29) is 11.3 Å². The first-order chi connectivity index (χ1) is 7.30. The van der Waals surface area contributed by atoms with Gasteiger partial charge in [-0.3, -0.25) is 9.69 Å². The van der Waals surface area contributed by atoms with Crippen LogP contribution in [0.25, 0.3) is 0 Å². The van der Waals surface area contributed by atoms with Crippen molar-refractivity contribution >= 4 is 5.78 Å². The van der Waals surface area contributed by atoms with Gasteiger partial charge in [0.05, 0.1) is 0 Å². The summed E-state index contributed by atoms with van der Waals surface area (Å²) in [4.78, 5) is 14.0. The SMILES string of the molecule is C=C(C)/C(C(C)=O)=C(\C)C1(C)CCCN1C. The van der Waals surface area contributed by atoms with Gasteiger partial charge in [-0.2, -0.15) is 0 Å². The Balaban J connectivity index is 3.24. The van der Waals surface area contributed by atoms with Gasteiger partial charge in [-0.15, -0.1) is 0 Å². The van der Waals surface area contributed by atoms with E-state index < -0.39 is 0 Å². The summed E-state index contributed by atoms with van der Waals surface area (Å²) < 4.78 is 0. The molecule has 1 rings (SSSR count). The van der Waals surface area contributed by atoms with E-state index in [9.17, 15) is 4.79 Å². The average molecular weight is 221 g/mol. The number of allylic oxidation sites excluding steroid dienone is 2. The Hall–Kier alpha value is -0.890. The molecule has 0 aromatic carbocycles. The van der Waals surface area contributed by atoms with E-state index in [1.165, 1.54) is 12.0 Å². The number of Topliss-reactive ketones (excluding diaryl/α,β-unsaturated/α-hetero) is 1. The number of hydrogen-bond acceptors (Lipinski definition) is 2. The van der Waals surface area contributed by atoms with Crippen LogP contribution in [0.3, 0.4) is 0 Å². The molecule has 0 amide bonds. The highest BCUT2D eigenvalue weighted by Crippen LogP contribution is 2.36. The maximum absolute atomic E-state index is 11.7. The topological polar surface area (TPSA) is 20.3 Å². The van der Waals surface area contributed by atoms with Gasteiger partial charge in [-0.1, -0.05) is 6.58 Å². The summed E-state index contributed by atoms with van der Waals surface area (Å²) in [6.07, 6.45) is 2.32. The quantitative estimate of drug-likeness (QED) is 0.539. The van der Waals surface area contributed by atoms with Crippen molar-refractivity contribution in [2.24, 2.45) is 0 Å². The molecule has 90 valence electrons. The van der Waals surface area contributed by atoms with E-state index in [0.717, 1.165) is 24.1 Å². The number of nitrogens with zero attached hydrogens (tertiary/aromatic N) is 1. The van der Waals surface area contributed by atoms with Gasteiger partial charge in [0.1, 0.15) is 0 Å². The van der Waals surface area contributed by atoms with E-state index in [1.807, 2.05) is 6.92 Å². The second kappa shape index (κ2) is 4.54. The number of carbonyl (C=O) groups is 1. The van der Waals surface area contributed by atoms with E-state index in [0.29, 0.717) is 0 Å². The summed E-state index contributed by atoms with van der Waals surface area (Å²) >= 11 is 0. The Morgan fingerprint density at radius 2 is 1.88 bits per heavy atom. The van der Waals surface area contributed by atoms with Crippen molar-refractivity contribution < 1.29 is 4.79 Å². The van der Waals surface area contributed by atoms with Gasteiger partial charge >= 0.3 is 0 Å². The minimum absolute atomic E-state index is 0.0277. The van der Waals surface area contributed by atoms with Gasteiger partial charge in [-0.05, 0) is 65.3 Å². The monoisotopic (exact) mass is 221 g/mol. The van der Waals surface area contributed by atoms with E-state index in [4.69, 9.17) is 0 Å². The highest BCUT2D eigenvalue weighted by molar-refractivity contribution is 5.98. The molecule has 2 nitrogen and oxygen atoms in total. The van der Waals surface area contributed by atoms with Crippen LogP contribution in [-0.4, -0.2) is 29.8 Å². The van der Waals surface area contributed by atoms with Crippen LogP contribution in [0.1, 0.15) is 40.5 Å². The largest absolute Gasteiger partial charge is 0.297 e. The zero-order chi connectivity index (χ0) is 12.5. The molecule has 1 unspecified atom stereocenters. The van der Waals surface area contributed by atoms with Crippen LogP contribution in [0.5, 0.6) is 0 Å². The molecule has 0 radical (unpaired) electrons. The third kappa shape index (κ3) is 2.12. The van der Waals surface area contributed by atoms with Crippen molar-refractivity contribution in [3.8, 4) is 0 Å². The van der Waals surface area contributed by atoms with E-state index in [1.54, 1.807) is 6.92 Å². The molecule has 0 saturated carbocycles. The van der Waals surface area contributed by atoms with Crippen LogP contribution in [0.2, 0.25) is 0 Å². The number of carbonyl (C=O) groups excluding carboxylic acids is 1. The number of likely N-dealkylation sites (tertiary alicyclic amines) is 1. The summed E-state index contributed by atoms with van der Waals surface area (Å²) in [6, 6.07) is 0. The zero-order valence-electron chi connectivity index (χ0n) is 11.2. The maximum atomic E-state index is 11.7. The molecular weight excluding hydrogens is 198 g/mol. The lowest BCUT2D eigenvalue weighted by atomic mass is 9.84. The third-order valence-electron chi connectivity index (χ3n) is 3.96. The molecule has 0 aromatic heterocycles. The molecule has 0 spiro atoms. The summed E-state index contributed by atoms with van der Waals surface area (Å²) in [5.74, 6) is 0.131. The normalized spacial score (nSPS) is 27.8. The molecule has 0 bridgehead atoms. The van der Waals surface area contributed by atoms with Gasteiger partial charge < -0.3 is 0 Å². The predicted octanol–water partition coefficient (Wildman–Crippen LogP) is 2.95. The molecule has 1 fully saturated rings. The first-order valence-electron chi connectivity index (χ1n) is 5.90. The molecule has 1 aliphatic heterocycles. The summed E-state index contributed by atoms with van der Waals surface area (Å²) in [6.45, 7) is 12.9. The Bertz CT molecular complexity index is 338. The third-order valence-corrected chi connectivity index (χ3v) is 3.96. The highest BCUT2D eigenvalue weighted by Gasteiger charge is 2.37. The second-order valence-electron chi connectivity index (χ2n) is 5.14. The van der Waals surface area contributed by atoms with Crippen LogP contribution < -0.4 is 0 Å². The summed E-state index contributed by atoms with van der Waals surface area (Å²) in [7, 11) is 2.13. The van der Waals surface area contributed by atoms with Crippen molar-refractivity contribution in [2.75, 3.05) is 13.6 Å². The molecule has 0 aliphatic carbocycles. The molecule has 2 heteroatoms. The average Bonchev–Trinajstić information content (AvgIpc) is 2.47. The summed E-state index contributed by atoms with van der Waals surface area (Å²) in [5.41, 5.74) is 2.91. The fourth-order valence-corrected chi connectivity index (χ4v) is 2.73. The number of ketones is 1. The van der Waals surface area contributed by atoms with Crippen LogP contribution in [-0.2, 0) is 4.79 Å². The van der Waals surface area contributed by atoms with Gasteiger partial charge in [0, 0.05) is 11.1 Å². The highest BCUT2D eigenvalue weighted by atomic mass is 16.1. The number of likely N-dealkylation sites (N-methyl/N-ethyl adjacent to an activating group) is 1. The van der Waals surface area contributed by atoms with Crippen LogP contribution in [0.4, 0.5) is 0 Å². The molecule has 1 saturated heterocycles. The molecule has 1 atom stereocenters. The fraction of sp³-hybridized carbons (Fsp3) is 0.643. The standard InChI is InChI=1S/C14H23NO/c1-10(2)13(12(4)16)11(3)14(5)8-7-9-15(14)6/h1,7-9H2,2-6H3/b13-11-. The van der Waals surface area contributed by atoms with E-state index >= 15 is 0 Å². The Labute approximate surface area is 99.0 Å². The smallest absolute Gasteiger partial charge is 0.160 e. The lowest BCUT2D eigenvalue weighted by Crippen LogP contribution is -2.40. The van der Waals surface area contributed by atoms with Crippen LogP contribution in [0, 0.1) is 0 Å². The molecule has 16 heavy (non-hydrogen) atoms. The van der Waals surface area contributed by atoms with Crippen molar-refractivity contribution in [1.29, 1.82) is 0 Å². The van der Waals surface area contributed by atoms with Gasteiger partial charge in [0.25, 0.3) is 0 Å². The fourth-order valence-electron chi connectivity index (χ4n) is 2.73. The van der Waals surface area contributed by atoms with Crippen molar-refractivity contribution in [3.05, 3.63) is 23.3 Å². The van der Waals surface area contributed by atoms with Crippen molar-refractivity contribution in [1.82, 2.24) is 4.90 Å². The molecule has 1 heterocycles. The molecule has 0 aromatic rings. The predicted molar refractivity (Wildman–Crippen MR) is 68.5 cm³/mol. The summed E-state index contributed by atoms with van der Waals surface area (Å²) in [5, 5.41) is 0.